The van der Waals surface area contributed by atoms with Crippen molar-refractivity contribution in [1.29, 1.82) is 0 Å². The molecule has 96 valence electrons. The lowest BCUT2D eigenvalue weighted by atomic mass is 9.90. The van der Waals surface area contributed by atoms with Crippen molar-refractivity contribution in [3.63, 3.8) is 0 Å². The number of nitrogens with one attached hydrogen (secondary N) is 2. The third kappa shape index (κ3) is 2.34. The number of rotatable bonds is 2. The van der Waals surface area contributed by atoms with Crippen LogP contribution in [0, 0.1) is 0 Å². The van der Waals surface area contributed by atoms with Gasteiger partial charge in [0, 0.05) is 24.0 Å². The fourth-order valence-electron chi connectivity index (χ4n) is 2.69. The van der Waals surface area contributed by atoms with Gasteiger partial charge in [0.15, 0.2) is 0 Å². The van der Waals surface area contributed by atoms with Crippen LogP contribution in [0.25, 0.3) is 0 Å². The van der Waals surface area contributed by atoms with Gasteiger partial charge < -0.3 is 10.6 Å². The van der Waals surface area contributed by atoms with E-state index in [0.29, 0.717) is 6.04 Å². The molecule has 1 amide bonds. The van der Waals surface area contributed by atoms with Gasteiger partial charge in [-0.3, -0.25) is 4.79 Å². The molecule has 0 spiro atoms. The summed E-state index contributed by atoms with van der Waals surface area (Å²) in [6, 6.07) is 8.52. The van der Waals surface area contributed by atoms with E-state index in [9.17, 15) is 4.79 Å². The SMILES string of the molecule is O=C(NC1CCSC1)C1CCNc2ccccc21. The monoisotopic (exact) mass is 262 g/mol. The Kier molecular flexibility index (Phi) is 3.46. The highest BCUT2D eigenvalue weighted by atomic mass is 32.2. The minimum Gasteiger partial charge on any atom is -0.385 e. The molecule has 3 nitrogen and oxygen atoms in total. The summed E-state index contributed by atoms with van der Waals surface area (Å²) in [7, 11) is 0. The summed E-state index contributed by atoms with van der Waals surface area (Å²) in [5.74, 6) is 2.47. The van der Waals surface area contributed by atoms with Crippen molar-refractivity contribution in [2.24, 2.45) is 0 Å². The molecule has 1 fully saturated rings. The Bertz CT molecular complexity index is 443. The maximum Gasteiger partial charge on any atom is 0.227 e. The first-order valence-electron chi connectivity index (χ1n) is 6.55. The Hall–Kier alpha value is -1.16. The molecule has 1 saturated heterocycles. The van der Waals surface area contributed by atoms with Gasteiger partial charge in [-0.2, -0.15) is 11.8 Å². The molecule has 1 aromatic carbocycles. The van der Waals surface area contributed by atoms with Gasteiger partial charge in [-0.1, -0.05) is 18.2 Å². The van der Waals surface area contributed by atoms with Crippen molar-refractivity contribution in [2.75, 3.05) is 23.4 Å². The standard InChI is InChI=1S/C14H18N2OS/c17-14(16-10-6-8-18-9-10)12-5-7-15-13-4-2-1-3-11(12)13/h1-4,10,12,15H,5-9H2,(H,16,17). The molecule has 2 aliphatic heterocycles. The summed E-state index contributed by atoms with van der Waals surface area (Å²) in [5, 5.41) is 6.56. The molecule has 0 aromatic heterocycles. The quantitative estimate of drug-likeness (QED) is 0.858. The predicted octanol–water partition coefficient (Wildman–Crippen LogP) is 2.21. The molecule has 2 unspecified atom stereocenters. The van der Waals surface area contributed by atoms with Crippen molar-refractivity contribution in [3.8, 4) is 0 Å². The van der Waals surface area contributed by atoms with Crippen LogP contribution in [0.15, 0.2) is 24.3 Å². The Morgan fingerprint density at radius 2 is 2.22 bits per heavy atom. The van der Waals surface area contributed by atoms with Crippen LogP contribution in [0.5, 0.6) is 0 Å². The van der Waals surface area contributed by atoms with Gasteiger partial charge >= 0.3 is 0 Å². The van der Waals surface area contributed by atoms with Gasteiger partial charge in [-0.25, -0.2) is 0 Å². The second kappa shape index (κ2) is 5.22. The number of fused-ring (bicyclic) bond motifs is 1. The fourth-order valence-corrected chi connectivity index (χ4v) is 3.84. The zero-order chi connectivity index (χ0) is 12.4. The first-order chi connectivity index (χ1) is 8.84. The Morgan fingerprint density at radius 3 is 3.06 bits per heavy atom. The highest BCUT2D eigenvalue weighted by molar-refractivity contribution is 7.99. The van der Waals surface area contributed by atoms with Gasteiger partial charge in [0.2, 0.25) is 5.91 Å². The Labute approximate surface area is 112 Å². The lowest BCUT2D eigenvalue weighted by Crippen LogP contribution is -2.39. The zero-order valence-electron chi connectivity index (χ0n) is 10.3. The highest BCUT2D eigenvalue weighted by Gasteiger charge is 2.28. The smallest absolute Gasteiger partial charge is 0.227 e. The molecule has 4 heteroatoms. The number of hydrogen-bond donors (Lipinski definition) is 2. The van der Waals surface area contributed by atoms with Crippen LogP contribution in [0.2, 0.25) is 0 Å². The first kappa shape index (κ1) is 11.9. The summed E-state index contributed by atoms with van der Waals surface area (Å²) < 4.78 is 0. The average Bonchev–Trinajstić information content (AvgIpc) is 2.91. The molecule has 0 bridgehead atoms. The topological polar surface area (TPSA) is 41.1 Å². The highest BCUT2D eigenvalue weighted by Crippen LogP contribution is 2.31. The molecule has 0 saturated carbocycles. The molecule has 2 N–H and O–H groups in total. The summed E-state index contributed by atoms with van der Waals surface area (Å²) >= 11 is 1.93. The molecule has 3 rings (SSSR count). The van der Waals surface area contributed by atoms with Crippen molar-refractivity contribution in [2.45, 2.75) is 24.8 Å². The van der Waals surface area contributed by atoms with Gasteiger partial charge in [-0.15, -0.1) is 0 Å². The molecule has 18 heavy (non-hydrogen) atoms. The van der Waals surface area contributed by atoms with Crippen LogP contribution in [0.1, 0.15) is 24.3 Å². The van der Waals surface area contributed by atoms with E-state index in [1.54, 1.807) is 0 Å². The van der Waals surface area contributed by atoms with E-state index in [1.165, 1.54) is 5.75 Å². The van der Waals surface area contributed by atoms with Crippen LogP contribution < -0.4 is 10.6 Å². The Balaban J connectivity index is 1.74. The van der Waals surface area contributed by atoms with Crippen LogP contribution in [0.4, 0.5) is 5.69 Å². The molecular weight excluding hydrogens is 244 g/mol. The zero-order valence-corrected chi connectivity index (χ0v) is 11.1. The van der Waals surface area contributed by atoms with Crippen molar-refractivity contribution >= 4 is 23.4 Å². The van der Waals surface area contributed by atoms with Gasteiger partial charge in [0.05, 0.1) is 5.92 Å². The summed E-state index contributed by atoms with van der Waals surface area (Å²) in [4.78, 5) is 12.4. The maximum atomic E-state index is 12.4. The van der Waals surface area contributed by atoms with E-state index in [1.807, 2.05) is 23.9 Å². The normalized spacial score (nSPS) is 26.2. The lowest BCUT2D eigenvalue weighted by molar-refractivity contribution is -0.123. The lowest BCUT2D eigenvalue weighted by Gasteiger charge is -2.27. The molecule has 2 aliphatic rings. The van der Waals surface area contributed by atoms with Crippen LogP contribution in [-0.4, -0.2) is 30.0 Å². The molecule has 2 heterocycles. The van der Waals surface area contributed by atoms with Crippen LogP contribution >= 0.6 is 11.8 Å². The molecule has 0 radical (unpaired) electrons. The number of carbonyl (C=O) groups is 1. The van der Waals surface area contributed by atoms with E-state index in [2.05, 4.69) is 22.8 Å². The third-order valence-electron chi connectivity index (χ3n) is 3.68. The number of para-hydroxylation sites is 1. The minimum absolute atomic E-state index is 0.0213. The number of anilines is 1. The average molecular weight is 262 g/mol. The molecule has 1 aromatic rings. The number of benzene rings is 1. The van der Waals surface area contributed by atoms with Crippen LogP contribution in [-0.2, 0) is 4.79 Å². The summed E-state index contributed by atoms with van der Waals surface area (Å²) in [6.07, 6.45) is 2.01. The Morgan fingerprint density at radius 1 is 1.33 bits per heavy atom. The van der Waals surface area contributed by atoms with Crippen molar-refractivity contribution in [1.82, 2.24) is 5.32 Å². The number of amides is 1. The molecule has 0 aliphatic carbocycles. The summed E-state index contributed by atoms with van der Waals surface area (Å²) in [6.45, 7) is 0.883. The third-order valence-corrected chi connectivity index (χ3v) is 4.84. The van der Waals surface area contributed by atoms with Crippen molar-refractivity contribution < 1.29 is 4.79 Å². The van der Waals surface area contributed by atoms with Gasteiger partial charge in [0.25, 0.3) is 0 Å². The maximum absolute atomic E-state index is 12.4. The van der Waals surface area contributed by atoms with Crippen molar-refractivity contribution in [3.05, 3.63) is 29.8 Å². The van der Waals surface area contributed by atoms with Gasteiger partial charge in [0.1, 0.15) is 0 Å². The van der Waals surface area contributed by atoms with E-state index in [4.69, 9.17) is 0 Å². The second-order valence-electron chi connectivity index (χ2n) is 4.92. The first-order valence-corrected chi connectivity index (χ1v) is 7.71. The second-order valence-corrected chi connectivity index (χ2v) is 6.07. The van der Waals surface area contributed by atoms with Gasteiger partial charge in [-0.05, 0) is 30.2 Å². The molecule has 2 atom stereocenters. The number of hydrogen-bond acceptors (Lipinski definition) is 3. The largest absolute Gasteiger partial charge is 0.385 e. The number of thioether (sulfide) groups is 1. The van der Waals surface area contributed by atoms with Crippen LogP contribution in [0.3, 0.4) is 0 Å². The summed E-state index contributed by atoms with van der Waals surface area (Å²) in [5.41, 5.74) is 2.26. The fraction of sp³-hybridized carbons (Fsp3) is 0.500. The van der Waals surface area contributed by atoms with E-state index < -0.39 is 0 Å². The molecular formula is C14H18N2OS. The van der Waals surface area contributed by atoms with E-state index in [0.717, 1.165) is 36.4 Å². The van der Waals surface area contributed by atoms with E-state index >= 15 is 0 Å². The van der Waals surface area contributed by atoms with E-state index in [-0.39, 0.29) is 11.8 Å². The minimum atomic E-state index is 0.0213. The number of carbonyl (C=O) groups excluding carboxylic acids is 1. The predicted molar refractivity (Wildman–Crippen MR) is 76.2 cm³/mol.